The third-order valence-corrected chi connectivity index (χ3v) is 3.63. The van der Waals surface area contributed by atoms with E-state index in [4.69, 9.17) is 9.26 Å². The molecule has 3 heterocycles. The fourth-order valence-corrected chi connectivity index (χ4v) is 2.52. The molecule has 1 atom stereocenters. The van der Waals surface area contributed by atoms with Gasteiger partial charge in [-0.1, -0.05) is 5.16 Å². The third kappa shape index (κ3) is 4.60. The molecule has 1 saturated heterocycles. The summed E-state index contributed by atoms with van der Waals surface area (Å²) in [6.07, 6.45) is 3.65. The van der Waals surface area contributed by atoms with Gasteiger partial charge in [-0.2, -0.15) is 5.10 Å². The Kier molecular flexibility index (Phi) is 4.99. The smallest absolute Gasteiger partial charge is 0.226 e. The minimum atomic E-state index is -0.0716. The fourth-order valence-electron chi connectivity index (χ4n) is 2.52. The number of carbonyl (C=O) groups excluding carboxylic acids is 1. The van der Waals surface area contributed by atoms with Gasteiger partial charge in [0.25, 0.3) is 0 Å². The van der Waals surface area contributed by atoms with Crippen molar-refractivity contribution in [3.05, 3.63) is 24.5 Å². The number of hydrogen-bond donors (Lipinski definition) is 1. The molecule has 0 radical (unpaired) electrons. The summed E-state index contributed by atoms with van der Waals surface area (Å²) in [6, 6.07) is 1.70. The average Bonchev–Trinajstić information content (AvgIpc) is 3.18. The third-order valence-electron chi connectivity index (χ3n) is 3.63. The number of ether oxygens (including phenoxy) is 1. The summed E-state index contributed by atoms with van der Waals surface area (Å²) >= 11 is 0. The largest absolute Gasteiger partial charge is 0.374 e. The first-order valence-electron chi connectivity index (χ1n) is 7.58. The molecule has 0 aliphatic carbocycles. The molecule has 1 fully saturated rings. The van der Waals surface area contributed by atoms with E-state index in [2.05, 4.69) is 25.5 Å². The van der Waals surface area contributed by atoms with Crippen LogP contribution in [-0.4, -0.2) is 63.1 Å². The van der Waals surface area contributed by atoms with Crippen molar-refractivity contribution in [2.45, 2.75) is 26.0 Å². The standard InChI is InChI=1S/C14H20N6O3/c1-11-6-13(18-23-11)17-14(21)2-3-19-4-5-22-12(7-19)8-20-10-15-9-16-20/h6,9-10,12H,2-5,7-8H2,1H3,(H,17,18,21)/t12-/m0/s1. The Labute approximate surface area is 133 Å². The van der Waals surface area contributed by atoms with Crippen molar-refractivity contribution in [1.29, 1.82) is 0 Å². The average molecular weight is 320 g/mol. The molecule has 2 aromatic heterocycles. The predicted octanol–water partition coefficient (Wildman–Crippen LogP) is 0.304. The number of anilines is 1. The minimum Gasteiger partial charge on any atom is -0.374 e. The van der Waals surface area contributed by atoms with Crippen LogP contribution in [0.3, 0.4) is 0 Å². The first-order chi connectivity index (χ1) is 11.2. The van der Waals surface area contributed by atoms with Crippen molar-refractivity contribution < 1.29 is 14.1 Å². The van der Waals surface area contributed by atoms with E-state index in [1.807, 2.05) is 0 Å². The van der Waals surface area contributed by atoms with Crippen molar-refractivity contribution in [2.75, 3.05) is 31.6 Å². The molecule has 124 valence electrons. The lowest BCUT2D eigenvalue weighted by Crippen LogP contribution is -2.45. The summed E-state index contributed by atoms with van der Waals surface area (Å²) in [7, 11) is 0. The molecule has 2 aromatic rings. The maximum Gasteiger partial charge on any atom is 0.226 e. The van der Waals surface area contributed by atoms with Gasteiger partial charge in [-0.25, -0.2) is 4.98 Å². The monoisotopic (exact) mass is 320 g/mol. The van der Waals surface area contributed by atoms with Crippen LogP contribution in [0, 0.1) is 6.92 Å². The highest BCUT2D eigenvalue weighted by Gasteiger charge is 2.21. The number of aromatic nitrogens is 4. The molecule has 0 spiro atoms. The predicted molar refractivity (Wildman–Crippen MR) is 80.7 cm³/mol. The summed E-state index contributed by atoms with van der Waals surface area (Å²) in [5, 5.41) is 10.6. The van der Waals surface area contributed by atoms with Gasteiger partial charge in [0.1, 0.15) is 18.4 Å². The highest BCUT2D eigenvalue weighted by molar-refractivity contribution is 5.89. The Morgan fingerprint density at radius 1 is 1.52 bits per heavy atom. The molecular formula is C14H20N6O3. The van der Waals surface area contributed by atoms with Crippen LogP contribution >= 0.6 is 0 Å². The fraction of sp³-hybridized carbons (Fsp3) is 0.571. The van der Waals surface area contributed by atoms with Crippen LogP contribution in [0.25, 0.3) is 0 Å². The van der Waals surface area contributed by atoms with E-state index in [1.165, 1.54) is 6.33 Å². The van der Waals surface area contributed by atoms with Crippen LogP contribution in [-0.2, 0) is 16.1 Å². The van der Waals surface area contributed by atoms with E-state index in [1.54, 1.807) is 24.0 Å². The Bertz CT molecular complexity index is 626. The van der Waals surface area contributed by atoms with Gasteiger partial charge >= 0.3 is 0 Å². The van der Waals surface area contributed by atoms with Gasteiger partial charge in [0.15, 0.2) is 5.82 Å². The molecule has 3 rings (SSSR count). The lowest BCUT2D eigenvalue weighted by Gasteiger charge is -2.32. The van der Waals surface area contributed by atoms with Gasteiger partial charge in [-0.15, -0.1) is 0 Å². The number of carbonyl (C=O) groups is 1. The topological polar surface area (TPSA) is 98.3 Å². The van der Waals surface area contributed by atoms with Gasteiger partial charge in [-0.3, -0.25) is 14.4 Å². The van der Waals surface area contributed by atoms with Crippen LogP contribution in [0.15, 0.2) is 23.2 Å². The van der Waals surface area contributed by atoms with E-state index in [-0.39, 0.29) is 12.0 Å². The molecule has 0 aromatic carbocycles. The van der Waals surface area contributed by atoms with E-state index < -0.39 is 0 Å². The Balaban J connectivity index is 1.41. The lowest BCUT2D eigenvalue weighted by molar-refractivity contribution is -0.117. The van der Waals surface area contributed by atoms with Crippen LogP contribution in [0.4, 0.5) is 5.82 Å². The first-order valence-corrected chi connectivity index (χ1v) is 7.58. The SMILES string of the molecule is Cc1cc(NC(=O)CCN2CCO[C@H](Cn3cncn3)C2)no1. The van der Waals surface area contributed by atoms with E-state index in [0.717, 1.165) is 13.1 Å². The van der Waals surface area contributed by atoms with Crippen molar-refractivity contribution >= 4 is 11.7 Å². The van der Waals surface area contributed by atoms with Crippen molar-refractivity contribution in [3.8, 4) is 0 Å². The number of morpholine rings is 1. The zero-order valence-electron chi connectivity index (χ0n) is 13.0. The lowest BCUT2D eigenvalue weighted by atomic mass is 10.2. The minimum absolute atomic E-state index is 0.0618. The number of aryl methyl sites for hydroxylation is 1. The highest BCUT2D eigenvalue weighted by atomic mass is 16.5. The molecule has 1 aliphatic rings. The van der Waals surface area contributed by atoms with E-state index >= 15 is 0 Å². The van der Waals surface area contributed by atoms with Gasteiger partial charge < -0.3 is 14.6 Å². The summed E-state index contributed by atoms with van der Waals surface area (Å²) in [6.45, 7) is 5.39. The zero-order valence-corrected chi connectivity index (χ0v) is 13.0. The number of hydrogen-bond acceptors (Lipinski definition) is 7. The number of amides is 1. The Morgan fingerprint density at radius 3 is 3.17 bits per heavy atom. The normalized spacial score (nSPS) is 18.9. The van der Waals surface area contributed by atoms with Crippen molar-refractivity contribution in [2.24, 2.45) is 0 Å². The number of nitrogens with one attached hydrogen (secondary N) is 1. The second kappa shape index (κ2) is 7.34. The molecule has 1 amide bonds. The second-order valence-electron chi connectivity index (χ2n) is 5.53. The van der Waals surface area contributed by atoms with Crippen LogP contribution < -0.4 is 5.32 Å². The maximum absolute atomic E-state index is 11.9. The van der Waals surface area contributed by atoms with Crippen molar-refractivity contribution in [1.82, 2.24) is 24.8 Å². The highest BCUT2D eigenvalue weighted by Crippen LogP contribution is 2.10. The molecule has 23 heavy (non-hydrogen) atoms. The number of nitrogens with zero attached hydrogens (tertiary/aromatic N) is 5. The second-order valence-corrected chi connectivity index (χ2v) is 5.53. The molecule has 0 unspecified atom stereocenters. The number of rotatable bonds is 6. The molecule has 1 N–H and O–H groups in total. The summed E-state index contributed by atoms with van der Waals surface area (Å²) in [4.78, 5) is 18.1. The van der Waals surface area contributed by atoms with Gasteiger partial charge in [0, 0.05) is 32.1 Å². The van der Waals surface area contributed by atoms with Crippen molar-refractivity contribution in [3.63, 3.8) is 0 Å². The summed E-state index contributed by atoms with van der Waals surface area (Å²) in [5.41, 5.74) is 0. The van der Waals surface area contributed by atoms with Crippen LogP contribution in [0.5, 0.6) is 0 Å². The van der Waals surface area contributed by atoms with Gasteiger partial charge in [0.05, 0.1) is 19.3 Å². The quantitative estimate of drug-likeness (QED) is 0.817. The summed E-state index contributed by atoms with van der Waals surface area (Å²) < 4.78 is 12.4. The summed E-state index contributed by atoms with van der Waals surface area (Å²) in [5.74, 6) is 1.06. The molecule has 0 saturated carbocycles. The first kappa shape index (κ1) is 15.6. The van der Waals surface area contributed by atoms with Crippen LogP contribution in [0.2, 0.25) is 0 Å². The molecule has 0 bridgehead atoms. The molecular weight excluding hydrogens is 300 g/mol. The van der Waals surface area contributed by atoms with Gasteiger partial charge in [0.2, 0.25) is 5.91 Å². The Morgan fingerprint density at radius 2 is 2.43 bits per heavy atom. The van der Waals surface area contributed by atoms with E-state index in [0.29, 0.717) is 37.7 Å². The molecule has 1 aliphatic heterocycles. The Hall–Kier alpha value is -2.26. The van der Waals surface area contributed by atoms with E-state index in [9.17, 15) is 4.79 Å². The molecule has 9 nitrogen and oxygen atoms in total. The zero-order chi connectivity index (χ0) is 16.1. The molecule has 9 heteroatoms. The van der Waals surface area contributed by atoms with Gasteiger partial charge in [-0.05, 0) is 6.92 Å². The van der Waals surface area contributed by atoms with Crippen LogP contribution in [0.1, 0.15) is 12.2 Å². The maximum atomic E-state index is 11.9.